The highest BCUT2D eigenvalue weighted by Gasteiger charge is 1.95. The van der Waals surface area contributed by atoms with E-state index in [0.29, 0.717) is 5.71 Å². The van der Waals surface area contributed by atoms with Crippen molar-refractivity contribution in [2.45, 2.75) is 26.2 Å². The van der Waals surface area contributed by atoms with Gasteiger partial charge >= 0.3 is 0 Å². The molecule has 0 saturated heterocycles. The van der Waals surface area contributed by atoms with Crippen molar-refractivity contribution in [3.05, 3.63) is 41.7 Å². The molecule has 0 atom stereocenters. The zero-order chi connectivity index (χ0) is 11.8. The molecule has 3 heteroatoms. The lowest BCUT2D eigenvalue weighted by Gasteiger charge is -1.97. The number of unbranched alkanes of at least 4 members (excludes halogenated alkanes) is 1. The van der Waals surface area contributed by atoms with Crippen LogP contribution in [0.3, 0.4) is 0 Å². The van der Waals surface area contributed by atoms with Gasteiger partial charge in [0.05, 0.1) is 5.71 Å². The Kier molecular flexibility index (Phi) is 5.26. The third kappa shape index (κ3) is 4.26. The minimum Gasteiger partial charge on any atom is -0.411 e. The van der Waals surface area contributed by atoms with Crippen molar-refractivity contribution >= 4 is 11.8 Å². The minimum absolute atomic E-state index is 0.251. The maximum absolute atomic E-state index is 12.6. The number of allylic oxidation sites excluding steroid dienone is 1. The molecule has 0 heterocycles. The Morgan fingerprint density at radius 1 is 1.38 bits per heavy atom. The molecule has 0 saturated carbocycles. The zero-order valence-electron chi connectivity index (χ0n) is 9.36. The lowest BCUT2D eigenvalue weighted by Crippen LogP contribution is -1.92. The molecule has 86 valence electrons. The molecule has 1 aromatic carbocycles. The molecular formula is C13H16FNO. The summed E-state index contributed by atoms with van der Waals surface area (Å²) < 4.78 is 12.6. The summed E-state index contributed by atoms with van der Waals surface area (Å²) in [7, 11) is 0. The monoisotopic (exact) mass is 221 g/mol. The maximum atomic E-state index is 12.6. The van der Waals surface area contributed by atoms with Crippen LogP contribution < -0.4 is 0 Å². The number of hydrogen-bond donors (Lipinski definition) is 1. The second-order valence-corrected chi connectivity index (χ2v) is 3.58. The van der Waals surface area contributed by atoms with Gasteiger partial charge in [0, 0.05) is 0 Å². The molecule has 1 N–H and O–H groups in total. The molecule has 0 bridgehead atoms. The smallest absolute Gasteiger partial charge is 0.123 e. The summed E-state index contributed by atoms with van der Waals surface area (Å²) in [5.74, 6) is -0.251. The van der Waals surface area contributed by atoms with E-state index in [0.717, 1.165) is 24.8 Å². The highest BCUT2D eigenvalue weighted by Crippen LogP contribution is 2.06. The summed E-state index contributed by atoms with van der Waals surface area (Å²) in [6.45, 7) is 2.08. The Morgan fingerprint density at radius 3 is 2.62 bits per heavy atom. The number of hydrogen-bond acceptors (Lipinski definition) is 2. The number of halogens is 1. The number of rotatable bonds is 5. The molecule has 2 nitrogen and oxygen atoms in total. The van der Waals surface area contributed by atoms with Crippen LogP contribution in [0.2, 0.25) is 0 Å². The molecule has 0 spiro atoms. The van der Waals surface area contributed by atoms with Crippen molar-refractivity contribution in [3.63, 3.8) is 0 Å². The number of benzene rings is 1. The first-order valence-corrected chi connectivity index (χ1v) is 5.41. The molecule has 0 fully saturated rings. The second kappa shape index (κ2) is 6.77. The molecule has 0 aromatic heterocycles. The second-order valence-electron chi connectivity index (χ2n) is 3.58. The van der Waals surface area contributed by atoms with E-state index in [1.807, 2.05) is 6.08 Å². The predicted octanol–water partition coefficient (Wildman–Crippen LogP) is 3.86. The van der Waals surface area contributed by atoms with Crippen molar-refractivity contribution in [2.75, 3.05) is 0 Å². The average molecular weight is 221 g/mol. The summed E-state index contributed by atoms with van der Waals surface area (Å²) in [6, 6.07) is 6.17. The first-order valence-electron chi connectivity index (χ1n) is 5.41. The number of nitrogens with zero attached hydrogens (tertiary/aromatic N) is 1. The largest absolute Gasteiger partial charge is 0.411 e. The Morgan fingerprint density at radius 2 is 2.06 bits per heavy atom. The molecule has 16 heavy (non-hydrogen) atoms. The highest BCUT2D eigenvalue weighted by molar-refractivity contribution is 5.97. The van der Waals surface area contributed by atoms with Crippen molar-refractivity contribution in [1.29, 1.82) is 0 Å². The highest BCUT2D eigenvalue weighted by atomic mass is 19.1. The third-order valence-electron chi connectivity index (χ3n) is 2.25. The van der Waals surface area contributed by atoms with Gasteiger partial charge in [0.15, 0.2) is 0 Å². The standard InChI is InChI=1S/C13H16FNO/c1-2-3-4-13(15-16)10-7-11-5-8-12(14)9-6-11/h5-10,16H,2-4H2,1H3/b10-7+,15-13?. The van der Waals surface area contributed by atoms with Crippen LogP contribution in [-0.2, 0) is 0 Å². The average Bonchev–Trinajstić information content (AvgIpc) is 2.32. The lowest BCUT2D eigenvalue weighted by molar-refractivity contribution is 0.318. The molecule has 0 unspecified atom stereocenters. The van der Waals surface area contributed by atoms with Crippen LogP contribution in [0.1, 0.15) is 31.7 Å². The molecule has 0 amide bonds. The van der Waals surface area contributed by atoms with Crippen molar-refractivity contribution in [1.82, 2.24) is 0 Å². The lowest BCUT2D eigenvalue weighted by atomic mass is 10.1. The number of oxime groups is 1. The molecule has 1 aromatic rings. The van der Waals surface area contributed by atoms with Gasteiger partial charge in [0.1, 0.15) is 5.82 Å². The van der Waals surface area contributed by atoms with Gasteiger partial charge in [-0.15, -0.1) is 0 Å². The van der Waals surface area contributed by atoms with Gasteiger partial charge in [0.25, 0.3) is 0 Å². The fourth-order valence-electron chi connectivity index (χ4n) is 1.29. The summed E-state index contributed by atoms with van der Waals surface area (Å²) in [5, 5.41) is 12.0. The Labute approximate surface area is 95.1 Å². The van der Waals surface area contributed by atoms with E-state index < -0.39 is 0 Å². The van der Waals surface area contributed by atoms with E-state index in [2.05, 4.69) is 12.1 Å². The molecule has 0 aliphatic carbocycles. The quantitative estimate of drug-likeness (QED) is 0.457. The van der Waals surface area contributed by atoms with Crippen LogP contribution in [0, 0.1) is 5.82 Å². The summed E-state index contributed by atoms with van der Waals surface area (Å²) in [4.78, 5) is 0. The molecule has 0 radical (unpaired) electrons. The van der Waals surface area contributed by atoms with Crippen LogP contribution in [0.25, 0.3) is 6.08 Å². The van der Waals surface area contributed by atoms with Crippen LogP contribution in [0.4, 0.5) is 4.39 Å². The minimum atomic E-state index is -0.251. The normalized spacial score (nSPS) is 12.2. The van der Waals surface area contributed by atoms with Crippen LogP contribution in [0.5, 0.6) is 0 Å². The topological polar surface area (TPSA) is 32.6 Å². The Hall–Kier alpha value is -1.64. The van der Waals surface area contributed by atoms with Crippen LogP contribution >= 0.6 is 0 Å². The summed E-state index contributed by atoms with van der Waals surface area (Å²) in [6.07, 6.45) is 6.37. The summed E-state index contributed by atoms with van der Waals surface area (Å²) in [5.41, 5.74) is 1.53. The first kappa shape index (κ1) is 12.4. The predicted molar refractivity (Wildman–Crippen MR) is 64.2 cm³/mol. The molecule has 1 rings (SSSR count). The summed E-state index contributed by atoms with van der Waals surface area (Å²) >= 11 is 0. The Balaban J connectivity index is 2.61. The maximum Gasteiger partial charge on any atom is 0.123 e. The molecular weight excluding hydrogens is 205 g/mol. The van der Waals surface area contributed by atoms with Gasteiger partial charge in [0.2, 0.25) is 0 Å². The van der Waals surface area contributed by atoms with Crippen molar-refractivity contribution < 1.29 is 9.60 Å². The van der Waals surface area contributed by atoms with Gasteiger partial charge in [-0.25, -0.2) is 4.39 Å². The van der Waals surface area contributed by atoms with Gasteiger partial charge < -0.3 is 5.21 Å². The van der Waals surface area contributed by atoms with Gasteiger partial charge in [-0.3, -0.25) is 0 Å². The third-order valence-corrected chi connectivity index (χ3v) is 2.25. The van der Waals surface area contributed by atoms with E-state index in [-0.39, 0.29) is 5.82 Å². The van der Waals surface area contributed by atoms with Crippen LogP contribution in [-0.4, -0.2) is 10.9 Å². The van der Waals surface area contributed by atoms with E-state index in [1.165, 1.54) is 12.1 Å². The first-order chi connectivity index (χ1) is 7.76. The van der Waals surface area contributed by atoms with E-state index in [4.69, 9.17) is 5.21 Å². The van der Waals surface area contributed by atoms with Gasteiger partial charge in [-0.05, 0) is 36.6 Å². The van der Waals surface area contributed by atoms with E-state index in [1.54, 1.807) is 18.2 Å². The fourth-order valence-corrected chi connectivity index (χ4v) is 1.29. The molecule has 0 aliphatic heterocycles. The molecule has 0 aliphatic rings. The van der Waals surface area contributed by atoms with E-state index in [9.17, 15) is 4.39 Å². The van der Waals surface area contributed by atoms with Crippen molar-refractivity contribution in [2.24, 2.45) is 5.16 Å². The van der Waals surface area contributed by atoms with Gasteiger partial charge in [-0.1, -0.05) is 36.7 Å². The van der Waals surface area contributed by atoms with Crippen LogP contribution in [0.15, 0.2) is 35.5 Å². The SMILES string of the molecule is CCCCC(/C=C/c1ccc(F)cc1)=NO. The Bertz CT molecular complexity index is 368. The van der Waals surface area contributed by atoms with Gasteiger partial charge in [-0.2, -0.15) is 0 Å². The fraction of sp³-hybridized carbons (Fsp3) is 0.308. The zero-order valence-corrected chi connectivity index (χ0v) is 9.36. The van der Waals surface area contributed by atoms with Crippen molar-refractivity contribution in [3.8, 4) is 0 Å². The van der Waals surface area contributed by atoms with E-state index >= 15 is 0 Å².